The van der Waals surface area contributed by atoms with Crippen LogP contribution in [-0.2, 0) is 9.53 Å². The molecule has 1 aliphatic carbocycles. The summed E-state index contributed by atoms with van der Waals surface area (Å²) in [7, 11) is 1.67. The van der Waals surface area contributed by atoms with E-state index in [1.54, 1.807) is 7.11 Å². The average molecular weight is 368 g/mol. The van der Waals surface area contributed by atoms with Crippen LogP contribution >= 0.6 is 0 Å². The number of nitrogens with zero attached hydrogens (tertiary/aromatic N) is 4. The standard InChI is InChI=1S/C21H28N4O2/c1-27-13-12-24-15-17(14-19(24)26)21-22-20(16-8-4-2-5-9-16)23-25(21)18-10-6-3-7-11-18/h2,4-5,8-9,17-18H,3,6-7,10-15H2,1H3. The second-order valence-corrected chi connectivity index (χ2v) is 7.63. The van der Waals surface area contributed by atoms with Crippen molar-refractivity contribution in [3.63, 3.8) is 0 Å². The summed E-state index contributed by atoms with van der Waals surface area (Å²) in [5.74, 6) is 2.06. The monoisotopic (exact) mass is 368 g/mol. The molecule has 144 valence electrons. The zero-order valence-electron chi connectivity index (χ0n) is 16.0. The lowest BCUT2D eigenvalue weighted by atomic mass is 9.95. The van der Waals surface area contributed by atoms with Gasteiger partial charge in [-0.1, -0.05) is 49.6 Å². The van der Waals surface area contributed by atoms with E-state index in [0.29, 0.717) is 32.2 Å². The SMILES string of the molecule is COCCN1CC(c2nc(-c3ccccc3)nn2C2CCCCC2)CC1=O. The van der Waals surface area contributed by atoms with Crippen molar-refractivity contribution in [2.24, 2.45) is 0 Å². The minimum absolute atomic E-state index is 0.112. The van der Waals surface area contributed by atoms with Gasteiger partial charge in [-0.2, -0.15) is 5.10 Å². The number of carbonyl (C=O) groups excluding carboxylic acids is 1. The van der Waals surface area contributed by atoms with Gasteiger partial charge in [0.2, 0.25) is 5.91 Å². The molecule has 1 aliphatic heterocycles. The Morgan fingerprint density at radius 2 is 1.93 bits per heavy atom. The number of hydrogen-bond acceptors (Lipinski definition) is 4. The first-order valence-electron chi connectivity index (χ1n) is 10.0. The Morgan fingerprint density at radius 1 is 1.15 bits per heavy atom. The maximum Gasteiger partial charge on any atom is 0.223 e. The average Bonchev–Trinajstić information content (AvgIpc) is 3.32. The van der Waals surface area contributed by atoms with Crippen LogP contribution in [0.3, 0.4) is 0 Å². The van der Waals surface area contributed by atoms with Crippen molar-refractivity contribution in [2.75, 3.05) is 26.8 Å². The molecule has 1 aromatic carbocycles. The van der Waals surface area contributed by atoms with Crippen LogP contribution in [0.15, 0.2) is 30.3 Å². The van der Waals surface area contributed by atoms with Gasteiger partial charge in [0.15, 0.2) is 5.82 Å². The third-order valence-corrected chi connectivity index (χ3v) is 5.76. The van der Waals surface area contributed by atoms with E-state index in [9.17, 15) is 4.79 Å². The van der Waals surface area contributed by atoms with Crippen LogP contribution in [0.1, 0.15) is 56.3 Å². The quantitative estimate of drug-likeness (QED) is 0.784. The Kier molecular flexibility index (Phi) is 5.53. The fourth-order valence-electron chi connectivity index (χ4n) is 4.28. The molecule has 2 aliphatic rings. The summed E-state index contributed by atoms with van der Waals surface area (Å²) in [4.78, 5) is 19.3. The summed E-state index contributed by atoms with van der Waals surface area (Å²) in [5, 5.41) is 4.91. The van der Waals surface area contributed by atoms with Crippen molar-refractivity contribution < 1.29 is 9.53 Å². The molecule has 1 saturated heterocycles. The first kappa shape index (κ1) is 18.2. The molecule has 27 heavy (non-hydrogen) atoms. The molecule has 1 atom stereocenters. The van der Waals surface area contributed by atoms with E-state index in [1.165, 1.54) is 19.3 Å². The van der Waals surface area contributed by atoms with Crippen molar-refractivity contribution in [1.29, 1.82) is 0 Å². The summed E-state index contributed by atoms with van der Waals surface area (Å²) in [6, 6.07) is 10.5. The van der Waals surface area contributed by atoms with Gasteiger partial charge in [-0.05, 0) is 12.8 Å². The highest BCUT2D eigenvalue weighted by atomic mass is 16.5. The van der Waals surface area contributed by atoms with Crippen LogP contribution in [0, 0.1) is 0 Å². The Bertz CT molecular complexity index is 768. The van der Waals surface area contributed by atoms with Crippen molar-refractivity contribution in [3.8, 4) is 11.4 Å². The van der Waals surface area contributed by atoms with Gasteiger partial charge in [0.1, 0.15) is 5.82 Å². The lowest BCUT2D eigenvalue weighted by Crippen LogP contribution is -2.29. The number of methoxy groups -OCH3 is 1. The Hall–Kier alpha value is -2.21. The van der Waals surface area contributed by atoms with Gasteiger partial charge >= 0.3 is 0 Å². The maximum absolute atomic E-state index is 12.4. The molecule has 1 saturated carbocycles. The topological polar surface area (TPSA) is 60.2 Å². The van der Waals surface area contributed by atoms with Gasteiger partial charge in [0.05, 0.1) is 12.6 Å². The molecule has 0 radical (unpaired) electrons. The van der Waals surface area contributed by atoms with Crippen molar-refractivity contribution in [1.82, 2.24) is 19.7 Å². The minimum atomic E-state index is 0.112. The van der Waals surface area contributed by atoms with Crippen molar-refractivity contribution >= 4 is 5.91 Å². The summed E-state index contributed by atoms with van der Waals surface area (Å²) in [5.41, 5.74) is 1.04. The van der Waals surface area contributed by atoms with E-state index < -0.39 is 0 Å². The molecule has 0 spiro atoms. The largest absolute Gasteiger partial charge is 0.383 e. The molecule has 6 nitrogen and oxygen atoms in total. The highest BCUT2D eigenvalue weighted by Gasteiger charge is 2.35. The van der Waals surface area contributed by atoms with E-state index in [2.05, 4.69) is 16.8 Å². The van der Waals surface area contributed by atoms with E-state index in [0.717, 1.165) is 30.1 Å². The molecular weight excluding hydrogens is 340 g/mol. The van der Waals surface area contributed by atoms with E-state index in [4.69, 9.17) is 14.8 Å². The second kappa shape index (κ2) is 8.21. The fraction of sp³-hybridized carbons (Fsp3) is 0.571. The molecule has 0 N–H and O–H groups in total. The number of benzene rings is 1. The van der Waals surface area contributed by atoms with Crippen LogP contribution in [0.25, 0.3) is 11.4 Å². The molecule has 2 heterocycles. The van der Waals surface area contributed by atoms with E-state index in [1.807, 2.05) is 23.1 Å². The van der Waals surface area contributed by atoms with E-state index in [-0.39, 0.29) is 11.8 Å². The molecule has 6 heteroatoms. The van der Waals surface area contributed by atoms with Gasteiger partial charge in [0, 0.05) is 38.1 Å². The smallest absolute Gasteiger partial charge is 0.223 e. The Balaban J connectivity index is 1.64. The molecule has 1 amide bonds. The molecule has 2 fully saturated rings. The van der Waals surface area contributed by atoms with Crippen LogP contribution in [0.5, 0.6) is 0 Å². The van der Waals surface area contributed by atoms with Crippen LogP contribution in [-0.4, -0.2) is 52.4 Å². The number of carbonyl (C=O) groups is 1. The number of aromatic nitrogens is 3. The van der Waals surface area contributed by atoms with Gasteiger partial charge in [-0.3, -0.25) is 4.79 Å². The second-order valence-electron chi connectivity index (χ2n) is 7.63. The summed E-state index contributed by atoms with van der Waals surface area (Å²) in [6.07, 6.45) is 6.61. The molecular formula is C21H28N4O2. The minimum Gasteiger partial charge on any atom is -0.383 e. The zero-order valence-corrected chi connectivity index (χ0v) is 16.0. The number of hydrogen-bond donors (Lipinski definition) is 0. The van der Waals surface area contributed by atoms with Gasteiger partial charge < -0.3 is 9.64 Å². The van der Waals surface area contributed by atoms with Crippen molar-refractivity contribution in [3.05, 3.63) is 36.2 Å². The lowest BCUT2D eigenvalue weighted by Gasteiger charge is -2.24. The molecule has 1 aromatic heterocycles. The number of amides is 1. The third-order valence-electron chi connectivity index (χ3n) is 5.76. The van der Waals surface area contributed by atoms with Crippen LogP contribution < -0.4 is 0 Å². The summed E-state index contributed by atoms with van der Waals surface area (Å²) >= 11 is 0. The fourth-order valence-corrected chi connectivity index (χ4v) is 4.28. The van der Waals surface area contributed by atoms with Gasteiger partial charge in [-0.25, -0.2) is 9.67 Å². The maximum atomic E-state index is 12.4. The molecule has 1 unspecified atom stereocenters. The Labute approximate surface area is 160 Å². The number of ether oxygens (including phenoxy) is 1. The third kappa shape index (κ3) is 3.90. The van der Waals surface area contributed by atoms with Crippen LogP contribution in [0.4, 0.5) is 0 Å². The molecule has 2 aromatic rings. The van der Waals surface area contributed by atoms with Gasteiger partial charge in [-0.15, -0.1) is 0 Å². The highest BCUT2D eigenvalue weighted by Crippen LogP contribution is 2.34. The highest BCUT2D eigenvalue weighted by molar-refractivity contribution is 5.79. The summed E-state index contributed by atoms with van der Waals surface area (Å²) < 4.78 is 7.30. The normalized spacial score (nSPS) is 21.1. The number of likely N-dealkylation sites (tertiary alicyclic amines) is 1. The predicted molar refractivity (Wildman–Crippen MR) is 103 cm³/mol. The van der Waals surface area contributed by atoms with Crippen molar-refractivity contribution in [2.45, 2.75) is 50.5 Å². The first-order chi connectivity index (χ1) is 13.3. The number of rotatable bonds is 6. The van der Waals surface area contributed by atoms with Gasteiger partial charge in [0.25, 0.3) is 0 Å². The van der Waals surface area contributed by atoms with E-state index >= 15 is 0 Å². The predicted octanol–water partition coefficient (Wildman–Crippen LogP) is 3.41. The zero-order chi connectivity index (χ0) is 18.6. The summed E-state index contributed by atoms with van der Waals surface area (Å²) in [6.45, 7) is 1.93. The first-order valence-corrected chi connectivity index (χ1v) is 10.0. The Morgan fingerprint density at radius 3 is 2.67 bits per heavy atom. The molecule has 4 rings (SSSR count). The van der Waals surface area contributed by atoms with Crippen LogP contribution in [0.2, 0.25) is 0 Å². The lowest BCUT2D eigenvalue weighted by molar-refractivity contribution is -0.128. The molecule has 0 bridgehead atoms.